The van der Waals surface area contributed by atoms with Gasteiger partial charge in [0.25, 0.3) is 0 Å². The van der Waals surface area contributed by atoms with Crippen LogP contribution in [0.3, 0.4) is 0 Å². The lowest BCUT2D eigenvalue weighted by atomic mass is 9.86. The highest BCUT2D eigenvalue weighted by Gasteiger charge is 2.13. The standard InChI is InChI=1S/C9H14/c1-8(2)6-7-9-4-3-5-9/h8-9H,3-5H2,1-2H3. The van der Waals surface area contributed by atoms with Crippen LogP contribution in [0.15, 0.2) is 0 Å². The smallest absolute Gasteiger partial charge is 0.0203 e. The molecule has 1 rings (SSSR count). The van der Waals surface area contributed by atoms with E-state index >= 15 is 0 Å². The average molecular weight is 122 g/mol. The molecule has 1 aliphatic rings. The second kappa shape index (κ2) is 2.92. The lowest BCUT2D eigenvalue weighted by Crippen LogP contribution is -2.07. The molecule has 0 aliphatic heterocycles. The Hall–Kier alpha value is -0.440. The summed E-state index contributed by atoms with van der Waals surface area (Å²) in [5.74, 6) is 7.78. The monoisotopic (exact) mass is 122 g/mol. The van der Waals surface area contributed by atoms with Crippen LogP contribution in [0.2, 0.25) is 0 Å². The van der Waals surface area contributed by atoms with Crippen LogP contribution in [0.5, 0.6) is 0 Å². The molecule has 0 bridgehead atoms. The Kier molecular flexibility index (Phi) is 2.16. The van der Waals surface area contributed by atoms with Crippen molar-refractivity contribution in [1.82, 2.24) is 0 Å². The Labute approximate surface area is 57.7 Å². The first kappa shape index (κ1) is 6.68. The molecule has 1 aliphatic carbocycles. The fourth-order valence-electron chi connectivity index (χ4n) is 0.837. The van der Waals surface area contributed by atoms with E-state index in [2.05, 4.69) is 25.7 Å². The Morgan fingerprint density at radius 2 is 2.00 bits per heavy atom. The fourth-order valence-corrected chi connectivity index (χ4v) is 0.837. The highest BCUT2D eigenvalue weighted by Crippen LogP contribution is 2.25. The Morgan fingerprint density at radius 3 is 2.33 bits per heavy atom. The van der Waals surface area contributed by atoms with Crippen LogP contribution in [-0.2, 0) is 0 Å². The van der Waals surface area contributed by atoms with Crippen LogP contribution in [-0.4, -0.2) is 0 Å². The normalized spacial score (nSPS) is 18.6. The molecule has 1 fully saturated rings. The summed E-state index contributed by atoms with van der Waals surface area (Å²) in [6, 6.07) is 0. The van der Waals surface area contributed by atoms with Crippen molar-refractivity contribution in [2.45, 2.75) is 33.1 Å². The molecule has 0 aromatic heterocycles. The van der Waals surface area contributed by atoms with Gasteiger partial charge in [0.2, 0.25) is 0 Å². The van der Waals surface area contributed by atoms with Gasteiger partial charge in [-0.25, -0.2) is 0 Å². The SMILES string of the molecule is CC(C)C#CC1CCC1. The maximum Gasteiger partial charge on any atom is 0.0203 e. The largest absolute Gasteiger partial charge is 0.100 e. The molecule has 0 saturated heterocycles. The zero-order chi connectivity index (χ0) is 6.69. The van der Waals surface area contributed by atoms with Gasteiger partial charge < -0.3 is 0 Å². The molecular weight excluding hydrogens is 108 g/mol. The summed E-state index contributed by atoms with van der Waals surface area (Å²) in [4.78, 5) is 0. The van der Waals surface area contributed by atoms with E-state index in [0.717, 1.165) is 5.92 Å². The third-order valence-corrected chi connectivity index (χ3v) is 1.68. The topological polar surface area (TPSA) is 0 Å². The average Bonchev–Trinajstić information content (AvgIpc) is 1.60. The Bertz CT molecular complexity index is 130. The second-order valence-corrected chi connectivity index (χ2v) is 3.07. The summed E-state index contributed by atoms with van der Waals surface area (Å²) in [6.07, 6.45) is 4.09. The lowest BCUT2D eigenvalue weighted by Gasteiger charge is -2.18. The van der Waals surface area contributed by atoms with Gasteiger partial charge in [-0.05, 0) is 12.8 Å². The van der Waals surface area contributed by atoms with Crippen molar-refractivity contribution in [3.8, 4) is 11.8 Å². The summed E-state index contributed by atoms with van der Waals surface area (Å²) < 4.78 is 0. The van der Waals surface area contributed by atoms with Crippen LogP contribution in [0.4, 0.5) is 0 Å². The Balaban J connectivity index is 2.23. The van der Waals surface area contributed by atoms with Gasteiger partial charge in [0.15, 0.2) is 0 Å². The van der Waals surface area contributed by atoms with Gasteiger partial charge in [-0.1, -0.05) is 26.2 Å². The third kappa shape index (κ3) is 2.10. The minimum absolute atomic E-state index is 0.561. The van der Waals surface area contributed by atoms with Gasteiger partial charge in [-0.3, -0.25) is 0 Å². The quantitative estimate of drug-likeness (QED) is 0.433. The van der Waals surface area contributed by atoms with Crippen molar-refractivity contribution in [2.75, 3.05) is 0 Å². The van der Waals surface area contributed by atoms with Gasteiger partial charge in [-0.2, -0.15) is 0 Å². The van der Waals surface area contributed by atoms with E-state index in [4.69, 9.17) is 0 Å². The maximum atomic E-state index is 3.27. The van der Waals surface area contributed by atoms with Crippen LogP contribution in [0, 0.1) is 23.7 Å². The Morgan fingerprint density at radius 1 is 1.33 bits per heavy atom. The lowest BCUT2D eigenvalue weighted by molar-refractivity contribution is 0.401. The molecule has 0 amide bonds. The van der Waals surface area contributed by atoms with E-state index in [1.807, 2.05) is 0 Å². The minimum Gasteiger partial charge on any atom is -0.100 e. The molecule has 0 nitrogen and oxygen atoms in total. The predicted molar refractivity (Wildman–Crippen MR) is 40.0 cm³/mol. The van der Waals surface area contributed by atoms with Crippen molar-refractivity contribution in [1.29, 1.82) is 0 Å². The highest BCUT2D eigenvalue weighted by molar-refractivity contribution is 5.07. The molecule has 0 radical (unpaired) electrons. The van der Waals surface area contributed by atoms with Crippen LogP contribution in [0.25, 0.3) is 0 Å². The molecule has 1 saturated carbocycles. The molecule has 0 aromatic carbocycles. The van der Waals surface area contributed by atoms with Gasteiger partial charge in [-0.15, -0.1) is 5.92 Å². The van der Waals surface area contributed by atoms with Crippen LogP contribution in [0.1, 0.15) is 33.1 Å². The molecule has 0 spiro atoms. The molecule has 0 unspecified atom stereocenters. The summed E-state index contributed by atoms with van der Waals surface area (Å²) in [7, 11) is 0. The number of hydrogen-bond acceptors (Lipinski definition) is 0. The zero-order valence-corrected chi connectivity index (χ0v) is 6.28. The highest BCUT2D eigenvalue weighted by atomic mass is 14.2. The molecule has 0 aromatic rings. The summed E-state index contributed by atoms with van der Waals surface area (Å²) in [5.41, 5.74) is 0. The van der Waals surface area contributed by atoms with Crippen LogP contribution >= 0.6 is 0 Å². The third-order valence-electron chi connectivity index (χ3n) is 1.68. The van der Waals surface area contributed by atoms with Crippen molar-refractivity contribution in [3.63, 3.8) is 0 Å². The van der Waals surface area contributed by atoms with E-state index < -0.39 is 0 Å². The molecule has 0 heteroatoms. The summed E-state index contributed by atoms with van der Waals surface area (Å²) >= 11 is 0. The second-order valence-electron chi connectivity index (χ2n) is 3.07. The first-order chi connectivity index (χ1) is 4.29. The maximum absolute atomic E-state index is 3.27. The van der Waals surface area contributed by atoms with E-state index in [1.54, 1.807) is 0 Å². The van der Waals surface area contributed by atoms with E-state index in [9.17, 15) is 0 Å². The van der Waals surface area contributed by atoms with Crippen LogP contribution < -0.4 is 0 Å². The molecule has 50 valence electrons. The minimum atomic E-state index is 0.561. The first-order valence-electron chi connectivity index (χ1n) is 3.80. The van der Waals surface area contributed by atoms with E-state index in [-0.39, 0.29) is 0 Å². The van der Waals surface area contributed by atoms with Gasteiger partial charge >= 0.3 is 0 Å². The van der Waals surface area contributed by atoms with Crippen molar-refractivity contribution >= 4 is 0 Å². The zero-order valence-electron chi connectivity index (χ0n) is 6.28. The van der Waals surface area contributed by atoms with Gasteiger partial charge in [0.1, 0.15) is 0 Å². The number of rotatable bonds is 0. The van der Waals surface area contributed by atoms with E-state index in [0.29, 0.717) is 5.92 Å². The first-order valence-corrected chi connectivity index (χ1v) is 3.80. The number of hydrogen-bond donors (Lipinski definition) is 0. The van der Waals surface area contributed by atoms with Crippen molar-refractivity contribution < 1.29 is 0 Å². The predicted octanol–water partition coefficient (Wildman–Crippen LogP) is 2.45. The van der Waals surface area contributed by atoms with Crippen molar-refractivity contribution in [3.05, 3.63) is 0 Å². The van der Waals surface area contributed by atoms with Gasteiger partial charge in [0, 0.05) is 11.8 Å². The molecule has 0 atom stereocenters. The van der Waals surface area contributed by atoms with Gasteiger partial charge in [0.05, 0.1) is 0 Å². The molecular formula is C9H14. The van der Waals surface area contributed by atoms with E-state index in [1.165, 1.54) is 19.3 Å². The molecule has 9 heavy (non-hydrogen) atoms. The molecule has 0 N–H and O–H groups in total. The summed E-state index contributed by atoms with van der Waals surface area (Å²) in [5, 5.41) is 0. The fraction of sp³-hybridized carbons (Fsp3) is 0.778. The summed E-state index contributed by atoms with van der Waals surface area (Å²) in [6.45, 7) is 4.29. The van der Waals surface area contributed by atoms with Crippen molar-refractivity contribution in [2.24, 2.45) is 11.8 Å². The molecule has 0 heterocycles.